The number of anilines is 5. The summed E-state index contributed by atoms with van der Waals surface area (Å²) in [5.41, 5.74) is 12.3. The summed E-state index contributed by atoms with van der Waals surface area (Å²) in [6.45, 7) is 17.0. The van der Waals surface area contributed by atoms with Crippen LogP contribution in [0.15, 0.2) is 102 Å². The van der Waals surface area contributed by atoms with Gasteiger partial charge in [0.25, 0.3) is 0 Å². The third-order valence-electron chi connectivity index (χ3n) is 17.3. The number of halogens is 1. The van der Waals surface area contributed by atoms with Crippen molar-refractivity contribution in [1.29, 1.82) is 0 Å². The fourth-order valence-corrected chi connectivity index (χ4v) is 13.1. The molecule has 12 rings (SSSR count). The maximum Gasteiger partial charge on any atom is 0.414 e. The van der Waals surface area contributed by atoms with Crippen molar-refractivity contribution in [1.82, 2.24) is 39.7 Å². The lowest BCUT2D eigenvalue weighted by molar-refractivity contribution is -0.150. The van der Waals surface area contributed by atoms with Crippen molar-refractivity contribution in [2.45, 2.75) is 154 Å². The van der Waals surface area contributed by atoms with Gasteiger partial charge < -0.3 is 50.4 Å². The van der Waals surface area contributed by atoms with Crippen LogP contribution in [0.2, 0.25) is 0 Å². The monoisotopic (exact) mass is 1280 g/mol. The number of benzene rings is 2. The van der Waals surface area contributed by atoms with Crippen molar-refractivity contribution in [3.05, 3.63) is 147 Å². The van der Waals surface area contributed by atoms with Crippen LogP contribution in [0.4, 0.5) is 38.7 Å². The fourth-order valence-electron chi connectivity index (χ4n) is 12.6. The molecule has 6 aliphatic rings. The molecule has 4 fully saturated rings. The molecule has 0 bridgehead atoms. The Hall–Kier alpha value is -8.18. The van der Waals surface area contributed by atoms with Gasteiger partial charge in [-0.1, -0.05) is 86.6 Å². The lowest BCUT2D eigenvalue weighted by atomic mass is 9.92. The van der Waals surface area contributed by atoms with Crippen LogP contribution in [-0.2, 0) is 67.4 Å². The second-order valence-corrected chi connectivity index (χ2v) is 24.7. The Labute approximate surface area is 529 Å². The molecule has 4 saturated heterocycles. The standard InChI is InChI=1S/C33H41N7O4.C19H24BrN5.C14H18N2O4/c1-4-25-29(35-19-27-31(41)44-33(2,3)40(27)32(42)43-20-22-9-6-5-7-10-22)36-21-37-30(25)39-17-14-23(15-18-39)26-13-12-24-11-8-16-34-28(24)38-26;1-2-15-17(20)22-12-23-19(15)25-10-7-13(8-11-25)16-6-5-14-4-3-9-21-18(14)24-16;1-14(2)16(11(8-15)12(17)20-14)13(18)19-9-10-6-4-3-5-7-10/h5-7,9-10,12-13,21,23,27H,4,8,11,14-20H2,1-3H3,(H,34,38)(H,35,36,37);5-6,12-13H,2-4,7-11H2,1H3,(H,21,24);3-7,11H,8-9,15H2,1-2H3/t27-;;11-/m0.0/s1. The molecule has 23 heteroatoms. The van der Waals surface area contributed by atoms with E-state index in [1.165, 1.54) is 38.6 Å². The van der Waals surface area contributed by atoms with Crippen molar-refractivity contribution in [2.24, 2.45) is 5.73 Å². The molecule has 6 aliphatic heterocycles. The van der Waals surface area contributed by atoms with Crippen molar-refractivity contribution >= 4 is 69.1 Å². The minimum atomic E-state index is -1.14. The third kappa shape index (κ3) is 15.1. The number of hydrogen-bond acceptors (Lipinski definition) is 20. The quantitative estimate of drug-likeness (QED) is 0.0449. The molecule has 0 radical (unpaired) electrons. The van der Waals surface area contributed by atoms with Crippen LogP contribution >= 0.6 is 15.9 Å². The molecule has 0 aliphatic carbocycles. The van der Waals surface area contributed by atoms with E-state index in [9.17, 15) is 19.2 Å². The number of nitrogens with one attached hydrogen (secondary N) is 3. The van der Waals surface area contributed by atoms with Gasteiger partial charge in [-0.15, -0.1) is 0 Å². The Kier molecular flexibility index (Phi) is 20.8. The molecule has 472 valence electrons. The second-order valence-electron chi connectivity index (χ2n) is 24.0. The number of esters is 2. The fraction of sp³-hybridized carbons (Fsp3) is 0.485. The summed E-state index contributed by atoms with van der Waals surface area (Å²) in [5.74, 6) is 4.76. The molecular weight excluding hydrogens is 1200 g/mol. The number of fused-ring (bicyclic) bond motifs is 2. The average molecular weight is 1280 g/mol. The van der Waals surface area contributed by atoms with E-state index in [4.69, 9.17) is 34.6 Å². The first-order valence-corrected chi connectivity index (χ1v) is 32.0. The van der Waals surface area contributed by atoms with E-state index in [-0.39, 0.29) is 26.3 Å². The minimum Gasteiger partial charge on any atom is -0.444 e. The van der Waals surface area contributed by atoms with Crippen LogP contribution in [-0.4, -0.2) is 140 Å². The van der Waals surface area contributed by atoms with Gasteiger partial charge in [0.1, 0.15) is 65.6 Å². The average Bonchev–Trinajstić information content (AvgIpc) is 1.91. The summed E-state index contributed by atoms with van der Waals surface area (Å²) in [7, 11) is 0. The summed E-state index contributed by atoms with van der Waals surface area (Å²) < 4.78 is 22.5. The van der Waals surface area contributed by atoms with Gasteiger partial charge in [-0.05, 0) is 142 Å². The van der Waals surface area contributed by atoms with Gasteiger partial charge in [0.2, 0.25) is 0 Å². The Balaban J connectivity index is 0.000000163. The van der Waals surface area contributed by atoms with E-state index in [0.717, 1.165) is 141 Å². The molecule has 89 heavy (non-hydrogen) atoms. The number of carbonyl (C=O) groups is 4. The Morgan fingerprint density at radius 3 is 1.55 bits per heavy atom. The van der Waals surface area contributed by atoms with Crippen LogP contribution in [0.5, 0.6) is 0 Å². The number of ether oxygens (including phenoxy) is 4. The van der Waals surface area contributed by atoms with E-state index in [0.29, 0.717) is 24.1 Å². The summed E-state index contributed by atoms with van der Waals surface area (Å²) in [6.07, 6.45) is 12.5. The molecular formula is C66H83BrN14O8. The number of amides is 2. The number of aryl methyl sites for hydroxylation is 2. The predicted octanol–water partition coefficient (Wildman–Crippen LogP) is 10.1. The lowest BCUT2D eigenvalue weighted by Gasteiger charge is -2.34. The number of cyclic esters (lactones) is 2. The molecule has 6 aromatic rings. The summed E-state index contributed by atoms with van der Waals surface area (Å²) >= 11 is 3.56. The summed E-state index contributed by atoms with van der Waals surface area (Å²) in [6, 6.07) is 26.0. The van der Waals surface area contributed by atoms with E-state index in [1.807, 2.05) is 60.7 Å². The number of nitrogens with zero attached hydrogens (tertiary/aromatic N) is 10. The number of rotatable bonds is 14. The van der Waals surface area contributed by atoms with E-state index >= 15 is 0 Å². The van der Waals surface area contributed by atoms with Crippen molar-refractivity contribution < 1.29 is 38.1 Å². The summed E-state index contributed by atoms with van der Waals surface area (Å²) in [4.78, 5) is 85.2. The number of aromatic nitrogens is 6. The van der Waals surface area contributed by atoms with Crippen molar-refractivity contribution in [3.63, 3.8) is 0 Å². The highest BCUT2D eigenvalue weighted by Crippen LogP contribution is 2.37. The highest BCUT2D eigenvalue weighted by Gasteiger charge is 2.52. The van der Waals surface area contributed by atoms with Gasteiger partial charge in [-0.3, -0.25) is 9.80 Å². The zero-order valence-electron chi connectivity index (χ0n) is 51.9. The van der Waals surface area contributed by atoms with Gasteiger partial charge in [0.05, 0.1) is 0 Å². The molecule has 0 unspecified atom stereocenters. The molecule has 2 amide bonds. The molecule has 0 spiro atoms. The van der Waals surface area contributed by atoms with E-state index in [1.54, 1.807) is 40.3 Å². The second kappa shape index (κ2) is 29.0. The van der Waals surface area contributed by atoms with Gasteiger partial charge >= 0.3 is 24.1 Å². The van der Waals surface area contributed by atoms with Crippen LogP contribution in [0.25, 0.3) is 0 Å². The van der Waals surface area contributed by atoms with Crippen LogP contribution < -0.4 is 31.5 Å². The molecule has 2 atom stereocenters. The van der Waals surface area contributed by atoms with Crippen molar-refractivity contribution in [3.8, 4) is 0 Å². The van der Waals surface area contributed by atoms with Gasteiger partial charge in [0, 0.05) is 86.7 Å². The molecule has 22 nitrogen and oxygen atoms in total. The third-order valence-corrected chi connectivity index (χ3v) is 18.0. The maximum absolute atomic E-state index is 13.2. The first-order valence-electron chi connectivity index (χ1n) is 31.3. The lowest BCUT2D eigenvalue weighted by Crippen LogP contribution is -2.50. The smallest absolute Gasteiger partial charge is 0.414 e. The predicted molar refractivity (Wildman–Crippen MR) is 343 cm³/mol. The van der Waals surface area contributed by atoms with E-state index in [2.05, 4.69) is 99.7 Å². The Morgan fingerprint density at radius 2 is 1.08 bits per heavy atom. The normalized spacial score (nSPS) is 19.4. The number of nitrogens with two attached hydrogens (primary N) is 1. The molecule has 2 aromatic carbocycles. The van der Waals surface area contributed by atoms with E-state index < -0.39 is 47.7 Å². The van der Waals surface area contributed by atoms with Crippen molar-refractivity contribution in [2.75, 3.05) is 78.1 Å². The van der Waals surface area contributed by atoms with Crippen LogP contribution in [0, 0.1) is 0 Å². The molecule has 5 N–H and O–H groups in total. The minimum absolute atomic E-state index is 0.00268. The van der Waals surface area contributed by atoms with Crippen LogP contribution in [0.3, 0.4) is 0 Å². The number of carbonyl (C=O) groups excluding carboxylic acids is 4. The van der Waals surface area contributed by atoms with Gasteiger partial charge in [-0.2, -0.15) is 0 Å². The first kappa shape index (κ1) is 63.8. The highest BCUT2D eigenvalue weighted by atomic mass is 79.9. The Bertz CT molecular complexity index is 3420. The first-order chi connectivity index (χ1) is 43.0. The number of hydrogen-bond donors (Lipinski definition) is 4. The Morgan fingerprint density at radius 1 is 0.629 bits per heavy atom. The molecule has 10 heterocycles. The summed E-state index contributed by atoms with van der Waals surface area (Å²) in [5, 5.41) is 10.2. The van der Waals surface area contributed by atoms with Gasteiger partial charge in [-0.25, -0.2) is 49.1 Å². The highest BCUT2D eigenvalue weighted by molar-refractivity contribution is 9.10. The zero-order chi connectivity index (χ0) is 62.7. The molecule has 4 aromatic heterocycles. The van der Waals surface area contributed by atoms with Gasteiger partial charge in [0.15, 0.2) is 17.5 Å². The molecule has 0 saturated carbocycles. The SMILES string of the molecule is CC1(C)OC(=O)[C@H](CN)N1C(=O)OCc1ccccc1.CCc1c(Br)ncnc1N1CCC(c2ccc3c(n2)NCCC3)CC1.CCc1c(NC[C@H]2C(=O)OC(C)(C)N2C(=O)OCc2ccccc2)ncnc1N1CCC(c2ccc3c(n2)NCCC3)CC1. The zero-order valence-corrected chi connectivity index (χ0v) is 53.5. The number of pyridine rings is 2. The largest absolute Gasteiger partial charge is 0.444 e. The topological polar surface area (TPSA) is 258 Å². The number of piperidine rings is 2. The van der Waals surface area contributed by atoms with Crippen LogP contribution in [0.1, 0.15) is 137 Å². The maximum atomic E-state index is 13.2.